The minimum Gasteiger partial charge on any atom is -0.497 e. The topological polar surface area (TPSA) is 77.2 Å². The van der Waals surface area contributed by atoms with Gasteiger partial charge in [0.15, 0.2) is 5.82 Å². The van der Waals surface area contributed by atoms with Crippen molar-refractivity contribution in [3.05, 3.63) is 30.1 Å². The number of amides is 1. The highest BCUT2D eigenvalue weighted by Crippen LogP contribution is 2.20. The Balaban J connectivity index is 2.02. The maximum atomic E-state index is 11.8. The summed E-state index contributed by atoms with van der Waals surface area (Å²) in [5.41, 5.74) is 0.361. The van der Waals surface area contributed by atoms with E-state index in [1.54, 1.807) is 7.11 Å². The normalized spacial score (nSPS) is 11.2. The number of aromatic nitrogens is 2. The first kappa shape index (κ1) is 15.0. The molecule has 0 aliphatic heterocycles. The fraction of sp³-hybridized carbons (Fsp3) is 0.400. The van der Waals surface area contributed by atoms with Crippen LogP contribution in [0.3, 0.4) is 0 Å². The molecule has 112 valence electrons. The Morgan fingerprint density at radius 1 is 1.29 bits per heavy atom. The monoisotopic (exact) mass is 289 g/mol. The molecule has 0 aliphatic carbocycles. The average molecular weight is 289 g/mol. The third-order valence-electron chi connectivity index (χ3n) is 2.89. The summed E-state index contributed by atoms with van der Waals surface area (Å²) in [7, 11) is 1.61. The molecule has 1 aromatic carbocycles. The standard InChI is InChI=1S/C15H19N3O3/c1-15(2,3)14(19)16-9-12-17-13(21-18-12)10-5-7-11(20-4)8-6-10/h5-8H,9H2,1-4H3,(H,16,19). The van der Waals surface area contributed by atoms with Crippen molar-refractivity contribution in [3.8, 4) is 17.2 Å². The second-order valence-electron chi connectivity index (χ2n) is 5.68. The largest absolute Gasteiger partial charge is 0.497 e. The summed E-state index contributed by atoms with van der Waals surface area (Å²) in [5, 5.41) is 6.64. The maximum Gasteiger partial charge on any atom is 0.257 e. The fourth-order valence-electron chi connectivity index (χ4n) is 1.60. The van der Waals surface area contributed by atoms with E-state index in [0.29, 0.717) is 11.7 Å². The Morgan fingerprint density at radius 3 is 2.52 bits per heavy atom. The molecular weight excluding hydrogens is 270 g/mol. The molecule has 1 aromatic heterocycles. The van der Waals surface area contributed by atoms with E-state index >= 15 is 0 Å². The number of rotatable bonds is 4. The van der Waals surface area contributed by atoms with Crippen molar-refractivity contribution in [3.63, 3.8) is 0 Å². The summed E-state index contributed by atoms with van der Waals surface area (Å²) < 4.78 is 10.3. The zero-order chi connectivity index (χ0) is 15.5. The summed E-state index contributed by atoms with van der Waals surface area (Å²) >= 11 is 0. The van der Waals surface area contributed by atoms with E-state index in [0.717, 1.165) is 11.3 Å². The van der Waals surface area contributed by atoms with E-state index in [1.165, 1.54) is 0 Å². The summed E-state index contributed by atoms with van der Waals surface area (Å²) in [6, 6.07) is 7.31. The quantitative estimate of drug-likeness (QED) is 0.935. The highest BCUT2D eigenvalue weighted by atomic mass is 16.5. The molecule has 0 aliphatic rings. The summed E-state index contributed by atoms with van der Waals surface area (Å²) in [4.78, 5) is 16.0. The predicted octanol–water partition coefficient (Wildman–Crippen LogP) is 2.41. The molecule has 1 amide bonds. The van der Waals surface area contributed by atoms with Gasteiger partial charge >= 0.3 is 0 Å². The van der Waals surface area contributed by atoms with Gasteiger partial charge < -0.3 is 14.6 Å². The number of benzene rings is 1. The molecule has 0 atom stereocenters. The Hall–Kier alpha value is -2.37. The van der Waals surface area contributed by atoms with Gasteiger partial charge in [0.25, 0.3) is 5.89 Å². The van der Waals surface area contributed by atoms with Crippen molar-refractivity contribution in [1.82, 2.24) is 15.5 Å². The van der Waals surface area contributed by atoms with Crippen molar-refractivity contribution in [2.24, 2.45) is 5.41 Å². The van der Waals surface area contributed by atoms with Crippen LogP contribution in [0.15, 0.2) is 28.8 Å². The number of hydrogen-bond acceptors (Lipinski definition) is 5. The van der Waals surface area contributed by atoms with Gasteiger partial charge in [0.2, 0.25) is 5.91 Å². The molecule has 1 heterocycles. The summed E-state index contributed by atoms with van der Waals surface area (Å²) in [6.07, 6.45) is 0. The van der Waals surface area contributed by atoms with Crippen LogP contribution in [0.25, 0.3) is 11.5 Å². The van der Waals surface area contributed by atoms with Crippen LogP contribution in [0.1, 0.15) is 26.6 Å². The average Bonchev–Trinajstić information content (AvgIpc) is 2.92. The first-order valence-electron chi connectivity index (χ1n) is 6.65. The van der Waals surface area contributed by atoms with Crippen molar-refractivity contribution in [2.75, 3.05) is 7.11 Å². The molecule has 0 saturated heterocycles. The number of carbonyl (C=O) groups is 1. The van der Waals surface area contributed by atoms with Crippen LogP contribution in [0.2, 0.25) is 0 Å². The maximum absolute atomic E-state index is 11.8. The number of nitrogens with one attached hydrogen (secondary N) is 1. The van der Waals surface area contributed by atoms with E-state index < -0.39 is 5.41 Å². The van der Waals surface area contributed by atoms with E-state index in [2.05, 4.69) is 15.5 Å². The van der Waals surface area contributed by atoms with Crippen molar-refractivity contribution >= 4 is 5.91 Å². The van der Waals surface area contributed by atoms with Gasteiger partial charge in [-0.25, -0.2) is 0 Å². The zero-order valence-corrected chi connectivity index (χ0v) is 12.6. The van der Waals surface area contributed by atoms with Crippen LogP contribution in [0, 0.1) is 5.41 Å². The van der Waals surface area contributed by atoms with Gasteiger partial charge in [-0.1, -0.05) is 25.9 Å². The van der Waals surface area contributed by atoms with Gasteiger partial charge in [-0.3, -0.25) is 4.79 Å². The first-order chi connectivity index (χ1) is 9.90. The molecule has 0 unspecified atom stereocenters. The molecule has 0 bridgehead atoms. The molecule has 0 radical (unpaired) electrons. The molecular formula is C15H19N3O3. The van der Waals surface area contributed by atoms with Crippen LogP contribution in [0.4, 0.5) is 0 Å². The Bertz CT molecular complexity index is 612. The van der Waals surface area contributed by atoms with Crippen molar-refractivity contribution in [2.45, 2.75) is 27.3 Å². The minimum absolute atomic E-state index is 0.0571. The van der Waals surface area contributed by atoms with Crippen molar-refractivity contribution in [1.29, 1.82) is 0 Å². The smallest absolute Gasteiger partial charge is 0.257 e. The Kier molecular flexibility index (Phi) is 4.26. The van der Waals surface area contributed by atoms with E-state index in [4.69, 9.17) is 9.26 Å². The number of hydrogen-bond donors (Lipinski definition) is 1. The van der Waals surface area contributed by atoms with E-state index in [9.17, 15) is 4.79 Å². The van der Waals surface area contributed by atoms with Gasteiger partial charge in [0.1, 0.15) is 5.75 Å². The van der Waals surface area contributed by atoms with E-state index in [1.807, 2.05) is 45.0 Å². The second kappa shape index (κ2) is 5.95. The number of methoxy groups -OCH3 is 1. The molecule has 2 aromatic rings. The van der Waals surface area contributed by atoms with Gasteiger partial charge in [-0.05, 0) is 24.3 Å². The van der Waals surface area contributed by atoms with Crippen LogP contribution >= 0.6 is 0 Å². The van der Waals surface area contributed by atoms with Gasteiger partial charge in [-0.15, -0.1) is 0 Å². The SMILES string of the molecule is COc1ccc(-c2nc(CNC(=O)C(C)(C)C)no2)cc1. The van der Waals surface area contributed by atoms with Crippen LogP contribution in [-0.2, 0) is 11.3 Å². The molecule has 6 heteroatoms. The lowest BCUT2D eigenvalue weighted by Crippen LogP contribution is -2.34. The fourth-order valence-corrected chi connectivity index (χ4v) is 1.60. The number of nitrogens with zero attached hydrogens (tertiary/aromatic N) is 2. The predicted molar refractivity (Wildman–Crippen MR) is 77.6 cm³/mol. The molecule has 0 spiro atoms. The second-order valence-corrected chi connectivity index (χ2v) is 5.68. The van der Waals surface area contributed by atoms with Gasteiger partial charge in [-0.2, -0.15) is 4.98 Å². The van der Waals surface area contributed by atoms with Gasteiger partial charge in [0, 0.05) is 11.0 Å². The lowest BCUT2D eigenvalue weighted by molar-refractivity contribution is -0.128. The third kappa shape index (κ3) is 3.81. The molecule has 1 N–H and O–H groups in total. The van der Waals surface area contributed by atoms with Crippen LogP contribution in [0.5, 0.6) is 5.75 Å². The van der Waals surface area contributed by atoms with Crippen LogP contribution in [-0.4, -0.2) is 23.2 Å². The Labute approximate surface area is 123 Å². The first-order valence-corrected chi connectivity index (χ1v) is 6.65. The highest BCUT2D eigenvalue weighted by Gasteiger charge is 2.21. The van der Waals surface area contributed by atoms with Gasteiger partial charge in [0.05, 0.1) is 13.7 Å². The van der Waals surface area contributed by atoms with E-state index in [-0.39, 0.29) is 12.5 Å². The van der Waals surface area contributed by atoms with Crippen LogP contribution < -0.4 is 10.1 Å². The summed E-state index contributed by atoms with van der Waals surface area (Å²) in [6.45, 7) is 5.79. The molecule has 0 fully saturated rings. The molecule has 0 saturated carbocycles. The third-order valence-corrected chi connectivity index (χ3v) is 2.89. The molecule has 2 rings (SSSR count). The lowest BCUT2D eigenvalue weighted by Gasteiger charge is -2.16. The van der Waals surface area contributed by atoms with Crippen molar-refractivity contribution < 1.29 is 14.1 Å². The Morgan fingerprint density at radius 2 is 1.95 bits per heavy atom. The number of carbonyl (C=O) groups excluding carboxylic acids is 1. The number of ether oxygens (including phenoxy) is 1. The lowest BCUT2D eigenvalue weighted by atomic mass is 9.96. The highest BCUT2D eigenvalue weighted by molar-refractivity contribution is 5.81. The summed E-state index contributed by atoms with van der Waals surface area (Å²) in [5.74, 6) is 1.56. The minimum atomic E-state index is -0.442. The zero-order valence-electron chi connectivity index (χ0n) is 12.6. The molecule has 6 nitrogen and oxygen atoms in total. The molecule has 21 heavy (non-hydrogen) atoms.